The van der Waals surface area contributed by atoms with Gasteiger partial charge in [-0.3, -0.25) is 4.98 Å². The fourth-order valence-corrected chi connectivity index (χ4v) is 5.10. The van der Waals surface area contributed by atoms with E-state index in [1.165, 1.54) is 10.5 Å². The van der Waals surface area contributed by atoms with Crippen molar-refractivity contribution in [2.24, 2.45) is 0 Å². The van der Waals surface area contributed by atoms with Crippen molar-refractivity contribution in [2.45, 2.75) is 11.8 Å². The summed E-state index contributed by atoms with van der Waals surface area (Å²) in [5.74, 6) is 1.43. The van der Waals surface area contributed by atoms with Gasteiger partial charge in [-0.15, -0.1) is 11.3 Å². The van der Waals surface area contributed by atoms with Crippen molar-refractivity contribution in [3.05, 3.63) is 77.4 Å². The van der Waals surface area contributed by atoms with Gasteiger partial charge in [0.1, 0.15) is 5.82 Å². The number of thiazole rings is 1. The molecule has 0 saturated carbocycles. The molecule has 7 nitrogen and oxygen atoms in total. The second-order valence-corrected chi connectivity index (χ2v) is 10.00. The average molecular weight is 486 g/mol. The summed E-state index contributed by atoms with van der Waals surface area (Å²) < 4.78 is 2.39. The second kappa shape index (κ2) is 10.2. The first-order valence-corrected chi connectivity index (χ1v) is 12.6. The first-order chi connectivity index (χ1) is 16.7. The largest absolute Gasteiger partial charge is 0.340 e. The molecule has 3 heterocycles. The Labute approximate surface area is 207 Å². The number of hydrogen-bond acceptors (Lipinski definition) is 9. The minimum absolute atomic E-state index is 0.626. The molecule has 1 saturated heterocycles. The molecule has 1 fully saturated rings. The van der Waals surface area contributed by atoms with Crippen LogP contribution >= 0.6 is 23.3 Å². The smallest absolute Gasteiger partial charge is 0.228 e. The summed E-state index contributed by atoms with van der Waals surface area (Å²) in [4.78, 5) is 18.4. The molecular formula is C25H23N7S2. The molecule has 2 aromatic carbocycles. The molecule has 170 valence electrons. The Morgan fingerprint density at radius 1 is 1.00 bits per heavy atom. The topological polar surface area (TPSA) is 81.0 Å². The van der Waals surface area contributed by atoms with Gasteiger partial charge in [-0.1, -0.05) is 17.7 Å². The second-order valence-electron chi connectivity index (χ2n) is 7.94. The molecule has 0 unspecified atom stereocenters. The zero-order valence-corrected chi connectivity index (χ0v) is 20.3. The van der Waals surface area contributed by atoms with E-state index in [4.69, 9.17) is 15.2 Å². The number of aromatic nitrogens is 3. The summed E-state index contributed by atoms with van der Waals surface area (Å²) in [5, 5.41) is 12.4. The van der Waals surface area contributed by atoms with Gasteiger partial charge in [-0.2, -0.15) is 10.2 Å². The average Bonchev–Trinajstić information content (AvgIpc) is 3.42. The van der Waals surface area contributed by atoms with Crippen LogP contribution in [0.15, 0.2) is 71.2 Å². The summed E-state index contributed by atoms with van der Waals surface area (Å²) in [5.41, 5.74) is 5.43. The van der Waals surface area contributed by atoms with Crippen molar-refractivity contribution in [3.63, 3.8) is 0 Å². The molecule has 1 aliphatic rings. The monoisotopic (exact) mass is 485 g/mol. The molecule has 0 spiro atoms. The number of nitrogens with one attached hydrogen (secondary N) is 1. The van der Waals surface area contributed by atoms with Crippen LogP contribution in [0.2, 0.25) is 0 Å². The van der Waals surface area contributed by atoms with Gasteiger partial charge in [-0.25, -0.2) is 9.29 Å². The van der Waals surface area contributed by atoms with E-state index in [9.17, 15) is 0 Å². The molecule has 0 bridgehead atoms. The van der Waals surface area contributed by atoms with Crippen molar-refractivity contribution in [1.82, 2.24) is 19.3 Å². The molecule has 0 radical (unpaired) electrons. The number of hydrogen-bond donors (Lipinski definition) is 1. The van der Waals surface area contributed by atoms with E-state index in [-0.39, 0.29) is 0 Å². The number of piperazine rings is 1. The lowest BCUT2D eigenvalue weighted by Gasteiger charge is -2.34. The maximum Gasteiger partial charge on any atom is 0.228 e. The van der Waals surface area contributed by atoms with E-state index >= 15 is 0 Å². The standard InChI is InChI=1S/C25H23N7S2/c1-18-2-8-21(9-3-18)34-32-12-10-31(11-13-32)25-29-22(23-16-27-17-33-23)14-24(30-25)28-20-6-4-19(15-26)5-7-20/h2-9,14,16-17H,10-13H2,1H3,(H,28,29,30). The summed E-state index contributed by atoms with van der Waals surface area (Å²) in [7, 11) is 0. The van der Waals surface area contributed by atoms with Crippen molar-refractivity contribution in [3.8, 4) is 16.6 Å². The Hall–Kier alpha value is -3.45. The third kappa shape index (κ3) is 5.37. The van der Waals surface area contributed by atoms with Crippen LogP contribution in [0, 0.1) is 18.3 Å². The number of nitriles is 1. The third-order valence-electron chi connectivity index (χ3n) is 5.46. The van der Waals surface area contributed by atoms with Crippen molar-refractivity contribution >= 4 is 40.7 Å². The van der Waals surface area contributed by atoms with Crippen LogP contribution in [0.25, 0.3) is 10.6 Å². The maximum absolute atomic E-state index is 9.05. The molecule has 0 atom stereocenters. The molecule has 9 heteroatoms. The Morgan fingerprint density at radius 2 is 1.76 bits per heavy atom. The van der Waals surface area contributed by atoms with Gasteiger partial charge >= 0.3 is 0 Å². The van der Waals surface area contributed by atoms with Gasteiger partial charge < -0.3 is 10.2 Å². The Bertz CT molecular complexity index is 1270. The lowest BCUT2D eigenvalue weighted by molar-refractivity contribution is 0.426. The molecule has 0 aliphatic carbocycles. The van der Waals surface area contributed by atoms with Crippen LogP contribution in [-0.4, -0.2) is 45.4 Å². The predicted molar refractivity (Wildman–Crippen MR) is 138 cm³/mol. The molecule has 1 N–H and O–H groups in total. The van der Waals surface area contributed by atoms with E-state index in [0.717, 1.165) is 48.3 Å². The lowest BCUT2D eigenvalue weighted by Crippen LogP contribution is -2.44. The quantitative estimate of drug-likeness (QED) is 0.366. The van der Waals surface area contributed by atoms with E-state index in [2.05, 4.69) is 56.8 Å². The summed E-state index contributed by atoms with van der Waals surface area (Å²) in [6.45, 7) is 5.65. The Balaban J connectivity index is 1.33. The molecule has 1 aliphatic heterocycles. The molecule has 4 aromatic rings. The molecule has 5 rings (SSSR count). The number of nitrogens with zero attached hydrogens (tertiary/aromatic N) is 6. The number of anilines is 3. The Kier molecular flexibility index (Phi) is 6.72. The van der Waals surface area contributed by atoms with Crippen molar-refractivity contribution < 1.29 is 0 Å². The number of benzene rings is 2. The van der Waals surface area contributed by atoms with Gasteiger partial charge in [0.05, 0.1) is 27.7 Å². The highest BCUT2D eigenvalue weighted by Gasteiger charge is 2.21. The lowest BCUT2D eigenvalue weighted by atomic mass is 10.2. The first-order valence-electron chi connectivity index (χ1n) is 11.0. The Morgan fingerprint density at radius 3 is 2.44 bits per heavy atom. The normalized spacial score (nSPS) is 14.1. The third-order valence-corrected chi connectivity index (χ3v) is 7.36. The molecular weight excluding hydrogens is 462 g/mol. The van der Waals surface area contributed by atoms with Crippen molar-refractivity contribution in [2.75, 3.05) is 36.4 Å². The van der Waals surface area contributed by atoms with Crippen LogP contribution < -0.4 is 10.2 Å². The molecule has 0 amide bonds. The highest BCUT2D eigenvalue weighted by molar-refractivity contribution is 7.97. The van der Waals surface area contributed by atoms with Crippen LogP contribution in [-0.2, 0) is 0 Å². The predicted octanol–water partition coefficient (Wildman–Crippen LogP) is 5.35. The molecule has 34 heavy (non-hydrogen) atoms. The van der Waals surface area contributed by atoms with Crippen LogP contribution in [0.3, 0.4) is 0 Å². The maximum atomic E-state index is 9.05. The van der Waals surface area contributed by atoms with Crippen LogP contribution in [0.1, 0.15) is 11.1 Å². The molecule has 2 aromatic heterocycles. The van der Waals surface area contributed by atoms with E-state index < -0.39 is 0 Å². The van der Waals surface area contributed by atoms with Gasteiger partial charge in [0, 0.05) is 49.0 Å². The van der Waals surface area contributed by atoms with Gasteiger partial charge in [-0.05, 0) is 55.3 Å². The van der Waals surface area contributed by atoms with E-state index in [1.54, 1.807) is 35.4 Å². The summed E-state index contributed by atoms with van der Waals surface area (Å²) in [6, 6.07) is 20.1. The first kappa shape index (κ1) is 22.3. The fraction of sp³-hybridized carbons (Fsp3) is 0.200. The zero-order chi connectivity index (χ0) is 23.3. The van der Waals surface area contributed by atoms with Gasteiger partial charge in [0.25, 0.3) is 0 Å². The van der Waals surface area contributed by atoms with E-state index in [0.29, 0.717) is 11.5 Å². The summed E-state index contributed by atoms with van der Waals surface area (Å²) >= 11 is 3.36. The zero-order valence-electron chi connectivity index (χ0n) is 18.7. The SMILES string of the molecule is Cc1ccc(SN2CCN(c3nc(Nc4ccc(C#N)cc4)cc(-c4cncs4)n3)CC2)cc1. The fourth-order valence-electron chi connectivity index (χ4n) is 3.61. The van der Waals surface area contributed by atoms with Crippen LogP contribution in [0.4, 0.5) is 17.5 Å². The summed E-state index contributed by atoms with van der Waals surface area (Å²) in [6.07, 6.45) is 1.83. The highest BCUT2D eigenvalue weighted by Crippen LogP contribution is 2.29. The number of aryl methyl sites for hydroxylation is 1. The van der Waals surface area contributed by atoms with Gasteiger partial charge in [0.15, 0.2) is 0 Å². The van der Waals surface area contributed by atoms with Gasteiger partial charge in [0.2, 0.25) is 5.95 Å². The minimum Gasteiger partial charge on any atom is -0.340 e. The minimum atomic E-state index is 0.626. The highest BCUT2D eigenvalue weighted by atomic mass is 32.2. The van der Waals surface area contributed by atoms with Crippen LogP contribution in [0.5, 0.6) is 0 Å². The van der Waals surface area contributed by atoms with Crippen molar-refractivity contribution in [1.29, 1.82) is 5.26 Å². The van der Waals surface area contributed by atoms with E-state index in [1.807, 2.05) is 29.9 Å². The number of rotatable bonds is 6.